The van der Waals surface area contributed by atoms with Gasteiger partial charge in [0, 0.05) is 39.8 Å². The van der Waals surface area contributed by atoms with Crippen molar-refractivity contribution in [1.29, 1.82) is 0 Å². The Balaban J connectivity index is 1.43. The lowest BCUT2D eigenvalue weighted by Gasteiger charge is -2.20. The second kappa shape index (κ2) is 7.35. The van der Waals surface area contributed by atoms with Gasteiger partial charge in [-0.3, -0.25) is 5.10 Å². The molecule has 1 aliphatic rings. The number of rotatable bonds is 5. The SMILES string of the molecule is Cc1[nH]nc2ccc(C3=CN(C[C@@H](N)Cc4ccc(Cl)cc4)CS3)cc12. The fourth-order valence-electron chi connectivity index (χ4n) is 3.24. The van der Waals surface area contributed by atoms with Gasteiger partial charge in [0.25, 0.3) is 0 Å². The number of nitrogens with two attached hydrogens (primary N) is 1. The summed E-state index contributed by atoms with van der Waals surface area (Å²) in [5, 5.41) is 9.29. The number of aromatic nitrogens is 2. The molecule has 6 heteroatoms. The number of aromatic amines is 1. The smallest absolute Gasteiger partial charge is 0.0924 e. The third kappa shape index (κ3) is 3.75. The fraction of sp³-hybridized carbons (Fsp3) is 0.250. The molecular weight excluding hydrogens is 364 g/mol. The summed E-state index contributed by atoms with van der Waals surface area (Å²) in [5.41, 5.74) is 10.9. The first-order valence-electron chi connectivity index (χ1n) is 8.62. The summed E-state index contributed by atoms with van der Waals surface area (Å²) in [5.74, 6) is 0.937. The summed E-state index contributed by atoms with van der Waals surface area (Å²) in [6, 6.07) is 14.4. The Morgan fingerprint density at radius 3 is 2.88 bits per heavy atom. The first kappa shape index (κ1) is 17.5. The maximum absolute atomic E-state index is 6.36. The molecule has 0 saturated heterocycles. The predicted molar refractivity (Wildman–Crippen MR) is 111 cm³/mol. The average Bonchev–Trinajstić information content (AvgIpc) is 3.24. The van der Waals surface area contributed by atoms with E-state index < -0.39 is 0 Å². The Bertz CT molecular complexity index is 948. The Labute approximate surface area is 162 Å². The number of thioether (sulfide) groups is 1. The number of hydrogen-bond acceptors (Lipinski definition) is 4. The van der Waals surface area contributed by atoms with E-state index in [1.165, 1.54) is 21.4 Å². The normalized spacial score (nSPS) is 15.5. The molecule has 1 aliphatic heterocycles. The fourth-order valence-corrected chi connectivity index (χ4v) is 4.36. The molecule has 3 N–H and O–H groups in total. The van der Waals surface area contributed by atoms with Crippen molar-refractivity contribution in [2.45, 2.75) is 19.4 Å². The first-order valence-corrected chi connectivity index (χ1v) is 9.98. The number of nitrogens with one attached hydrogen (secondary N) is 1. The molecule has 0 radical (unpaired) electrons. The van der Waals surface area contributed by atoms with Crippen molar-refractivity contribution in [3.63, 3.8) is 0 Å². The molecule has 2 aromatic carbocycles. The van der Waals surface area contributed by atoms with Crippen molar-refractivity contribution < 1.29 is 0 Å². The Hall–Kier alpha value is -1.95. The van der Waals surface area contributed by atoms with Crippen LogP contribution in [0.5, 0.6) is 0 Å². The van der Waals surface area contributed by atoms with Crippen LogP contribution in [0.2, 0.25) is 5.02 Å². The average molecular weight is 385 g/mol. The maximum atomic E-state index is 6.36. The summed E-state index contributed by atoms with van der Waals surface area (Å²) in [7, 11) is 0. The lowest BCUT2D eigenvalue weighted by molar-refractivity contribution is 0.402. The molecule has 26 heavy (non-hydrogen) atoms. The van der Waals surface area contributed by atoms with Gasteiger partial charge in [0.1, 0.15) is 0 Å². The van der Waals surface area contributed by atoms with Gasteiger partial charge in [-0.1, -0.05) is 29.8 Å². The van der Waals surface area contributed by atoms with E-state index in [1.807, 2.05) is 36.0 Å². The largest absolute Gasteiger partial charge is 0.365 e. The number of benzene rings is 2. The van der Waals surface area contributed by atoms with Crippen LogP contribution in [0.1, 0.15) is 16.8 Å². The van der Waals surface area contributed by atoms with Crippen LogP contribution < -0.4 is 5.73 Å². The Morgan fingerprint density at radius 2 is 2.08 bits per heavy atom. The molecular formula is C20H21ClN4S. The molecule has 2 heterocycles. The van der Waals surface area contributed by atoms with Gasteiger partial charge in [0.2, 0.25) is 0 Å². The first-order chi connectivity index (χ1) is 12.6. The highest BCUT2D eigenvalue weighted by Gasteiger charge is 2.18. The number of fused-ring (bicyclic) bond motifs is 1. The third-order valence-corrected chi connectivity index (χ3v) is 5.96. The molecule has 3 aromatic rings. The van der Waals surface area contributed by atoms with Gasteiger partial charge in [0.05, 0.1) is 11.4 Å². The topological polar surface area (TPSA) is 57.9 Å². The van der Waals surface area contributed by atoms with Crippen LogP contribution in [0.25, 0.3) is 15.8 Å². The molecule has 1 atom stereocenters. The minimum atomic E-state index is 0.0889. The molecule has 4 rings (SSSR count). The molecule has 134 valence electrons. The van der Waals surface area contributed by atoms with E-state index >= 15 is 0 Å². The number of aryl methyl sites for hydroxylation is 1. The van der Waals surface area contributed by atoms with Crippen molar-refractivity contribution in [3.05, 3.63) is 70.5 Å². The highest BCUT2D eigenvalue weighted by Crippen LogP contribution is 2.35. The monoisotopic (exact) mass is 384 g/mol. The van der Waals surface area contributed by atoms with Gasteiger partial charge in [0.15, 0.2) is 0 Å². The molecule has 0 bridgehead atoms. The summed E-state index contributed by atoms with van der Waals surface area (Å²) < 4.78 is 0. The van der Waals surface area contributed by atoms with Crippen molar-refractivity contribution in [3.8, 4) is 0 Å². The van der Waals surface area contributed by atoms with E-state index in [0.717, 1.165) is 35.1 Å². The van der Waals surface area contributed by atoms with Crippen LogP contribution in [0.4, 0.5) is 0 Å². The lowest BCUT2D eigenvalue weighted by atomic mass is 10.1. The summed E-state index contributed by atoms with van der Waals surface area (Å²) in [6.45, 7) is 2.89. The van der Waals surface area contributed by atoms with Gasteiger partial charge in [-0.15, -0.1) is 11.8 Å². The van der Waals surface area contributed by atoms with Crippen molar-refractivity contribution in [1.82, 2.24) is 15.1 Å². The zero-order valence-corrected chi connectivity index (χ0v) is 16.1. The second-order valence-corrected chi connectivity index (χ2v) is 8.13. The number of H-pyrrole nitrogens is 1. The van der Waals surface area contributed by atoms with Crippen LogP contribution in [0, 0.1) is 6.92 Å². The van der Waals surface area contributed by atoms with Crippen LogP contribution in [-0.2, 0) is 6.42 Å². The highest BCUT2D eigenvalue weighted by molar-refractivity contribution is 8.08. The molecule has 0 amide bonds. The van der Waals surface area contributed by atoms with Gasteiger partial charge in [-0.05, 0) is 48.7 Å². The molecule has 1 aromatic heterocycles. The summed E-state index contributed by atoms with van der Waals surface area (Å²) >= 11 is 7.80. The zero-order chi connectivity index (χ0) is 18.1. The molecule has 0 unspecified atom stereocenters. The number of halogens is 1. The third-order valence-electron chi connectivity index (χ3n) is 4.60. The number of hydrogen-bond donors (Lipinski definition) is 2. The van der Waals surface area contributed by atoms with Gasteiger partial charge < -0.3 is 10.6 Å². The van der Waals surface area contributed by atoms with Gasteiger partial charge in [-0.25, -0.2) is 0 Å². The summed E-state index contributed by atoms with van der Waals surface area (Å²) in [6.07, 6.45) is 3.07. The molecule has 0 saturated carbocycles. The van der Waals surface area contributed by atoms with Crippen LogP contribution in [-0.4, -0.2) is 33.6 Å². The van der Waals surface area contributed by atoms with E-state index in [2.05, 4.69) is 46.4 Å². The van der Waals surface area contributed by atoms with Gasteiger partial charge >= 0.3 is 0 Å². The lowest BCUT2D eigenvalue weighted by Crippen LogP contribution is -2.35. The van der Waals surface area contributed by atoms with Crippen LogP contribution in [0.15, 0.2) is 48.7 Å². The van der Waals surface area contributed by atoms with Crippen LogP contribution in [0.3, 0.4) is 0 Å². The second-order valence-electron chi connectivity index (χ2n) is 6.71. The predicted octanol–water partition coefficient (Wildman–Crippen LogP) is 4.40. The summed E-state index contributed by atoms with van der Waals surface area (Å²) in [4.78, 5) is 3.58. The van der Waals surface area contributed by atoms with Crippen LogP contribution >= 0.6 is 23.4 Å². The Morgan fingerprint density at radius 1 is 1.27 bits per heavy atom. The van der Waals surface area contributed by atoms with E-state index in [9.17, 15) is 0 Å². The minimum absolute atomic E-state index is 0.0889. The highest BCUT2D eigenvalue weighted by atomic mass is 35.5. The van der Waals surface area contributed by atoms with E-state index in [4.69, 9.17) is 17.3 Å². The van der Waals surface area contributed by atoms with Crippen molar-refractivity contribution in [2.24, 2.45) is 5.73 Å². The Kier molecular flexibility index (Phi) is 4.94. The van der Waals surface area contributed by atoms with Gasteiger partial charge in [-0.2, -0.15) is 5.10 Å². The van der Waals surface area contributed by atoms with E-state index in [1.54, 1.807) is 0 Å². The zero-order valence-electron chi connectivity index (χ0n) is 14.6. The number of nitrogens with zero attached hydrogens (tertiary/aromatic N) is 2. The maximum Gasteiger partial charge on any atom is 0.0924 e. The molecule has 0 fully saturated rings. The standard InChI is InChI=1S/C20H21ClN4S/c1-13-18-9-15(4-7-19(18)24-23-13)20-11-25(12-26-20)10-17(22)8-14-2-5-16(21)6-3-14/h2-7,9,11,17H,8,10,12,22H2,1H3,(H,23,24)/t17-/m0/s1. The van der Waals surface area contributed by atoms with Crippen molar-refractivity contribution >= 4 is 39.2 Å². The van der Waals surface area contributed by atoms with E-state index in [-0.39, 0.29) is 6.04 Å². The van der Waals surface area contributed by atoms with E-state index in [0.29, 0.717) is 0 Å². The molecule has 0 spiro atoms. The minimum Gasteiger partial charge on any atom is -0.365 e. The molecule has 4 nitrogen and oxygen atoms in total. The quantitative estimate of drug-likeness (QED) is 0.684. The van der Waals surface area contributed by atoms with Crippen molar-refractivity contribution in [2.75, 3.05) is 12.4 Å². The molecule has 0 aliphatic carbocycles.